The standard InChI is InChI=1S/C13H17ClN2O3/c1-3-19-13(17)4-9-7-16(8-9)10-5-12(14)15-6-11(10)18-2/h5-6,9H,3-4,7-8H2,1-2H3. The number of esters is 1. The number of carbonyl (C=O) groups is 1. The lowest BCUT2D eigenvalue weighted by molar-refractivity contribution is -0.144. The number of carbonyl (C=O) groups excluding carboxylic acids is 1. The van der Waals surface area contributed by atoms with Crippen molar-refractivity contribution in [3.8, 4) is 5.75 Å². The molecule has 1 aromatic heterocycles. The summed E-state index contributed by atoms with van der Waals surface area (Å²) in [5, 5.41) is 0.435. The number of hydrogen-bond donors (Lipinski definition) is 0. The molecular weight excluding hydrogens is 268 g/mol. The van der Waals surface area contributed by atoms with Gasteiger partial charge in [0.2, 0.25) is 0 Å². The molecule has 1 saturated heterocycles. The highest BCUT2D eigenvalue weighted by Gasteiger charge is 2.31. The molecule has 6 heteroatoms. The first-order chi connectivity index (χ1) is 9.13. The molecule has 0 radical (unpaired) electrons. The first kappa shape index (κ1) is 13.9. The van der Waals surface area contributed by atoms with Crippen molar-refractivity contribution in [3.63, 3.8) is 0 Å². The molecule has 2 rings (SSSR count). The van der Waals surface area contributed by atoms with E-state index in [1.165, 1.54) is 0 Å². The van der Waals surface area contributed by atoms with Crippen LogP contribution in [-0.4, -0.2) is 37.8 Å². The minimum absolute atomic E-state index is 0.133. The van der Waals surface area contributed by atoms with Gasteiger partial charge in [-0.15, -0.1) is 0 Å². The Labute approximate surface area is 117 Å². The second-order valence-electron chi connectivity index (χ2n) is 4.46. The fourth-order valence-corrected chi connectivity index (χ4v) is 2.32. The molecule has 5 nitrogen and oxygen atoms in total. The van der Waals surface area contributed by atoms with Gasteiger partial charge in [-0.05, 0) is 6.92 Å². The van der Waals surface area contributed by atoms with Crippen LogP contribution in [0.15, 0.2) is 12.3 Å². The molecule has 0 saturated carbocycles. The average Bonchev–Trinajstić information content (AvgIpc) is 2.33. The molecule has 0 amide bonds. The highest BCUT2D eigenvalue weighted by molar-refractivity contribution is 6.29. The summed E-state index contributed by atoms with van der Waals surface area (Å²) < 4.78 is 10.2. The Bertz CT molecular complexity index is 461. The molecule has 0 unspecified atom stereocenters. The van der Waals surface area contributed by atoms with E-state index < -0.39 is 0 Å². The minimum Gasteiger partial charge on any atom is -0.493 e. The van der Waals surface area contributed by atoms with Gasteiger partial charge in [-0.3, -0.25) is 4.79 Å². The molecule has 0 N–H and O–H groups in total. The van der Waals surface area contributed by atoms with Crippen LogP contribution in [0.4, 0.5) is 5.69 Å². The number of pyridine rings is 1. The number of methoxy groups -OCH3 is 1. The van der Waals surface area contributed by atoms with Gasteiger partial charge >= 0.3 is 5.97 Å². The quantitative estimate of drug-likeness (QED) is 0.612. The lowest BCUT2D eigenvalue weighted by Gasteiger charge is -2.41. The fourth-order valence-electron chi connectivity index (χ4n) is 2.16. The van der Waals surface area contributed by atoms with Crippen LogP contribution in [0, 0.1) is 5.92 Å². The summed E-state index contributed by atoms with van der Waals surface area (Å²) in [6.45, 7) is 3.85. The maximum Gasteiger partial charge on any atom is 0.306 e. The SMILES string of the molecule is CCOC(=O)CC1CN(c2cc(Cl)ncc2OC)C1. The number of rotatable bonds is 5. The second-order valence-corrected chi connectivity index (χ2v) is 4.85. The number of hydrogen-bond acceptors (Lipinski definition) is 5. The summed E-state index contributed by atoms with van der Waals surface area (Å²) in [7, 11) is 1.60. The van der Waals surface area contributed by atoms with Gasteiger partial charge in [0.25, 0.3) is 0 Å². The topological polar surface area (TPSA) is 51.7 Å². The van der Waals surface area contributed by atoms with Gasteiger partial charge in [-0.1, -0.05) is 11.6 Å². The van der Waals surface area contributed by atoms with Crippen LogP contribution in [0.2, 0.25) is 5.15 Å². The van der Waals surface area contributed by atoms with Crippen LogP contribution >= 0.6 is 11.6 Å². The number of anilines is 1. The van der Waals surface area contributed by atoms with Gasteiger partial charge in [0.15, 0.2) is 5.75 Å². The summed E-state index contributed by atoms with van der Waals surface area (Å²) in [6, 6.07) is 1.78. The average molecular weight is 285 g/mol. The monoisotopic (exact) mass is 284 g/mol. The third-order valence-corrected chi connectivity index (χ3v) is 3.30. The van der Waals surface area contributed by atoms with Crippen LogP contribution in [0.3, 0.4) is 0 Å². The van der Waals surface area contributed by atoms with Crippen LogP contribution in [0.25, 0.3) is 0 Å². The molecule has 0 atom stereocenters. The lowest BCUT2D eigenvalue weighted by Crippen LogP contribution is -2.47. The van der Waals surface area contributed by atoms with E-state index >= 15 is 0 Å². The Balaban J connectivity index is 1.93. The summed E-state index contributed by atoms with van der Waals surface area (Å²) in [5.74, 6) is 0.890. The molecule has 1 aromatic rings. The molecule has 104 valence electrons. The van der Waals surface area contributed by atoms with Crippen molar-refractivity contribution in [3.05, 3.63) is 17.4 Å². The van der Waals surface area contributed by atoms with Gasteiger partial charge in [0.1, 0.15) is 5.15 Å². The predicted octanol–water partition coefficient (Wildman–Crippen LogP) is 2.13. The van der Waals surface area contributed by atoms with E-state index in [9.17, 15) is 4.79 Å². The van der Waals surface area contributed by atoms with Gasteiger partial charge in [0, 0.05) is 25.1 Å². The smallest absolute Gasteiger partial charge is 0.306 e. The molecule has 0 spiro atoms. The van der Waals surface area contributed by atoms with Gasteiger partial charge in [0.05, 0.1) is 32.0 Å². The van der Waals surface area contributed by atoms with Crippen molar-refractivity contribution >= 4 is 23.3 Å². The van der Waals surface area contributed by atoms with E-state index in [1.54, 1.807) is 19.4 Å². The highest BCUT2D eigenvalue weighted by Crippen LogP contribution is 2.35. The largest absolute Gasteiger partial charge is 0.493 e. The van der Waals surface area contributed by atoms with Gasteiger partial charge < -0.3 is 14.4 Å². The molecule has 0 bridgehead atoms. The Morgan fingerprint density at radius 3 is 2.95 bits per heavy atom. The van der Waals surface area contributed by atoms with E-state index in [2.05, 4.69) is 9.88 Å². The minimum atomic E-state index is -0.133. The van der Waals surface area contributed by atoms with E-state index in [0.29, 0.717) is 29.8 Å². The zero-order chi connectivity index (χ0) is 13.8. The van der Waals surface area contributed by atoms with Crippen LogP contribution in [-0.2, 0) is 9.53 Å². The van der Waals surface area contributed by atoms with Crippen molar-refractivity contribution in [1.82, 2.24) is 4.98 Å². The van der Waals surface area contributed by atoms with E-state index in [1.807, 2.05) is 6.92 Å². The molecular formula is C13H17ClN2O3. The Kier molecular flexibility index (Phi) is 4.47. The van der Waals surface area contributed by atoms with Crippen molar-refractivity contribution in [2.45, 2.75) is 13.3 Å². The van der Waals surface area contributed by atoms with E-state index in [0.717, 1.165) is 18.8 Å². The number of nitrogens with zero attached hydrogens (tertiary/aromatic N) is 2. The lowest BCUT2D eigenvalue weighted by atomic mass is 9.95. The zero-order valence-corrected chi connectivity index (χ0v) is 11.8. The van der Waals surface area contributed by atoms with E-state index in [-0.39, 0.29) is 5.97 Å². The molecule has 1 aliphatic heterocycles. The normalized spacial score (nSPS) is 15.0. The fraction of sp³-hybridized carbons (Fsp3) is 0.538. The third-order valence-electron chi connectivity index (χ3n) is 3.09. The molecule has 2 heterocycles. The third kappa shape index (κ3) is 3.29. The Morgan fingerprint density at radius 1 is 1.58 bits per heavy atom. The number of ether oxygens (including phenoxy) is 2. The van der Waals surface area contributed by atoms with Crippen LogP contribution in [0.1, 0.15) is 13.3 Å². The molecule has 0 aromatic carbocycles. The molecule has 19 heavy (non-hydrogen) atoms. The predicted molar refractivity (Wildman–Crippen MR) is 72.8 cm³/mol. The Morgan fingerprint density at radius 2 is 2.32 bits per heavy atom. The van der Waals surface area contributed by atoms with Crippen molar-refractivity contribution in [2.75, 3.05) is 31.7 Å². The first-order valence-corrected chi connectivity index (χ1v) is 6.62. The summed E-state index contributed by atoms with van der Waals surface area (Å²) in [5.41, 5.74) is 0.919. The maximum absolute atomic E-state index is 11.4. The Hall–Kier alpha value is -1.49. The summed E-state index contributed by atoms with van der Waals surface area (Å²) >= 11 is 5.89. The van der Waals surface area contributed by atoms with E-state index in [4.69, 9.17) is 21.1 Å². The highest BCUT2D eigenvalue weighted by atomic mass is 35.5. The number of aromatic nitrogens is 1. The van der Waals surface area contributed by atoms with Crippen LogP contribution in [0.5, 0.6) is 5.75 Å². The van der Waals surface area contributed by atoms with Crippen molar-refractivity contribution in [2.24, 2.45) is 5.92 Å². The summed E-state index contributed by atoms with van der Waals surface area (Å²) in [4.78, 5) is 17.5. The van der Waals surface area contributed by atoms with Gasteiger partial charge in [-0.2, -0.15) is 0 Å². The second kappa shape index (κ2) is 6.10. The zero-order valence-electron chi connectivity index (χ0n) is 11.1. The number of halogens is 1. The maximum atomic E-state index is 11.4. The first-order valence-electron chi connectivity index (χ1n) is 6.24. The summed E-state index contributed by atoms with van der Waals surface area (Å²) in [6.07, 6.45) is 2.07. The van der Waals surface area contributed by atoms with Crippen LogP contribution < -0.4 is 9.64 Å². The van der Waals surface area contributed by atoms with Crippen molar-refractivity contribution in [1.29, 1.82) is 0 Å². The van der Waals surface area contributed by atoms with Crippen molar-refractivity contribution < 1.29 is 14.3 Å². The molecule has 1 fully saturated rings. The molecule has 0 aliphatic carbocycles. The molecule has 1 aliphatic rings. The van der Waals surface area contributed by atoms with Gasteiger partial charge in [-0.25, -0.2) is 4.98 Å².